The van der Waals surface area contributed by atoms with Gasteiger partial charge in [0.25, 0.3) is 0 Å². The van der Waals surface area contributed by atoms with Crippen LogP contribution in [0.1, 0.15) is 11.1 Å². The van der Waals surface area contributed by atoms with Crippen LogP contribution in [0.2, 0.25) is 0 Å². The summed E-state index contributed by atoms with van der Waals surface area (Å²) in [6.07, 6.45) is 0.619. The highest BCUT2D eigenvalue weighted by molar-refractivity contribution is 5.73. The Bertz CT molecular complexity index is 719. The molecule has 0 atom stereocenters. The second-order valence-electron chi connectivity index (χ2n) is 5.82. The third kappa shape index (κ3) is 4.81. The summed E-state index contributed by atoms with van der Waals surface area (Å²) in [7, 11) is 6.52. The second kappa shape index (κ2) is 9.56. The van der Waals surface area contributed by atoms with Gasteiger partial charge in [0, 0.05) is 25.7 Å². The number of nitrogens with one attached hydrogen (secondary N) is 1. The highest BCUT2D eigenvalue weighted by atomic mass is 16.5. The van der Waals surface area contributed by atoms with Crippen LogP contribution in [0, 0.1) is 0 Å². The fraction of sp³-hybridized carbons (Fsp3) is 0.350. The predicted octanol–water partition coefficient (Wildman–Crippen LogP) is 3.10. The maximum Gasteiger partial charge on any atom is 0.317 e. The molecule has 0 radical (unpaired) electrons. The van der Waals surface area contributed by atoms with E-state index < -0.39 is 0 Å². The van der Waals surface area contributed by atoms with E-state index in [9.17, 15) is 4.79 Å². The summed E-state index contributed by atoms with van der Waals surface area (Å²) in [6, 6.07) is 13.5. The quantitative estimate of drug-likeness (QED) is 0.788. The Kier molecular flexibility index (Phi) is 7.14. The van der Waals surface area contributed by atoms with E-state index in [2.05, 4.69) is 5.32 Å². The Labute approximate surface area is 154 Å². The zero-order valence-corrected chi connectivity index (χ0v) is 15.7. The SMILES string of the molecule is COc1ccc(CCNC(=O)N(C)Cc2ccccc2)c(OC)c1OC. The summed E-state index contributed by atoms with van der Waals surface area (Å²) >= 11 is 0. The molecule has 0 aliphatic carbocycles. The van der Waals surface area contributed by atoms with Crippen molar-refractivity contribution in [2.75, 3.05) is 34.9 Å². The number of ether oxygens (including phenoxy) is 3. The monoisotopic (exact) mass is 358 g/mol. The Morgan fingerprint density at radius 1 is 0.962 bits per heavy atom. The third-order valence-corrected chi connectivity index (χ3v) is 4.07. The minimum absolute atomic E-state index is 0.117. The van der Waals surface area contributed by atoms with Gasteiger partial charge in [0.2, 0.25) is 5.75 Å². The Hall–Kier alpha value is -2.89. The van der Waals surface area contributed by atoms with Crippen molar-refractivity contribution < 1.29 is 19.0 Å². The smallest absolute Gasteiger partial charge is 0.317 e. The molecule has 6 nitrogen and oxygen atoms in total. The molecule has 0 spiro atoms. The number of nitrogens with zero attached hydrogens (tertiary/aromatic N) is 1. The predicted molar refractivity (Wildman–Crippen MR) is 101 cm³/mol. The van der Waals surface area contributed by atoms with Gasteiger partial charge in [-0.05, 0) is 18.1 Å². The van der Waals surface area contributed by atoms with Gasteiger partial charge >= 0.3 is 6.03 Å². The largest absolute Gasteiger partial charge is 0.493 e. The standard InChI is InChI=1S/C20H26N2O4/c1-22(14-15-8-6-5-7-9-15)20(23)21-13-12-16-10-11-17(24-2)19(26-4)18(16)25-3/h5-11H,12-14H2,1-4H3,(H,21,23). The van der Waals surface area contributed by atoms with Crippen LogP contribution in [-0.4, -0.2) is 45.9 Å². The van der Waals surface area contributed by atoms with E-state index in [0.717, 1.165) is 11.1 Å². The van der Waals surface area contributed by atoms with Gasteiger partial charge in [-0.3, -0.25) is 0 Å². The maximum atomic E-state index is 12.3. The molecule has 0 saturated heterocycles. The van der Waals surface area contributed by atoms with Crippen LogP contribution in [0.5, 0.6) is 17.2 Å². The van der Waals surface area contributed by atoms with Gasteiger partial charge in [-0.15, -0.1) is 0 Å². The van der Waals surface area contributed by atoms with E-state index in [1.165, 1.54) is 0 Å². The number of benzene rings is 2. The summed E-state index contributed by atoms with van der Waals surface area (Å²) in [5.41, 5.74) is 2.03. The molecule has 0 saturated carbocycles. The lowest BCUT2D eigenvalue weighted by Gasteiger charge is -2.19. The van der Waals surface area contributed by atoms with Gasteiger partial charge < -0.3 is 24.4 Å². The molecule has 0 bridgehead atoms. The normalized spacial score (nSPS) is 10.2. The molecule has 0 aliphatic rings. The van der Waals surface area contributed by atoms with E-state index in [1.807, 2.05) is 42.5 Å². The molecule has 0 fully saturated rings. The molecule has 2 aromatic rings. The number of rotatable bonds is 8. The van der Waals surface area contributed by atoms with E-state index in [1.54, 1.807) is 33.3 Å². The lowest BCUT2D eigenvalue weighted by molar-refractivity contribution is 0.207. The van der Waals surface area contributed by atoms with E-state index in [-0.39, 0.29) is 6.03 Å². The molecular weight excluding hydrogens is 332 g/mol. The first kappa shape index (κ1) is 19.4. The summed E-state index contributed by atoms with van der Waals surface area (Å²) in [4.78, 5) is 13.9. The van der Waals surface area contributed by atoms with Crippen LogP contribution in [0.3, 0.4) is 0 Å². The number of urea groups is 1. The molecule has 0 aromatic heterocycles. The van der Waals surface area contributed by atoms with Crippen LogP contribution in [0.25, 0.3) is 0 Å². The molecule has 0 aliphatic heterocycles. The van der Waals surface area contributed by atoms with Crippen LogP contribution >= 0.6 is 0 Å². The van der Waals surface area contributed by atoms with Crippen LogP contribution < -0.4 is 19.5 Å². The van der Waals surface area contributed by atoms with E-state index in [0.29, 0.717) is 36.8 Å². The summed E-state index contributed by atoms with van der Waals surface area (Å²) in [5.74, 6) is 1.79. The van der Waals surface area contributed by atoms with Crippen molar-refractivity contribution in [2.45, 2.75) is 13.0 Å². The van der Waals surface area contributed by atoms with E-state index in [4.69, 9.17) is 14.2 Å². The van der Waals surface area contributed by atoms with Crippen molar-refractivity contribution in [3.8, 4) is 17.2 Å². The van der Waals surface area contributed by atoms with Crippen molar-refractivity contribution >= 4 is 6.03 Å². The second-order valence-corrected chi connectivity index (χ2v) is 5.82. The van der Waals surface area contributed by atoms with Crippen LogP contribution in [0.15, 0.2) is 42.5 Å². The molecular formula is C20H26N2O4. The molecule has 2 aromatic carbocycles. The molecule has 2 amide bonds. The molecule has 0 unspecified atom stereocenters. The minimum Gasteiger partial charge on any atom is -0.493 e. The van der Waals surface area contributed by atoms with Gasteiger partial charge in [0.1, 0.15) is 0 Å². The van der Waals surface area contributed by atoms with Crippen molar-refractivity contribution in [2.24, 2.45) is 0 Å². The average Bonchev–Trinajstić information content (AvgIpc) is 2.67. The molecule has 26 heavy (non-hydrogen) atoms. The van der Waals surface area contributed by atoms with Gasteiger partial charge in [-0.1, -0.05) is 36.4 Å². The van der Waals surface area contributed by atoms with Crippen LogP contribution in [-0.2, 0) is 13.0 Å². The first-order valence-corrected chi connectivity index (χ1v) is 8.41. The Balaban J connectivity index is 1.93. The van der Waals surface area contributed by atoms with Gasteiger partial charge in [0.15, 0.2) is 11.5 Å². The van der Waals surface area contributed by atoms with Gasteiger partial charge in [0.05, 0.1) is 21.3 Å². The lowest BCUT2D eigenvalue weighted by atomic mass is 10.1. The molecule has 6 heteroatoms. The van der Waals surface area contributed by atoms with Crippen LogP contribution in [0.4, 0.5) is 4.79 Å². The van der Waals surface area contributed by atoms with E-state index >= 15 is 0 Å². The Morgan fingerprint density at radius 3 is 2.27 bits per heavy atom. The van der Waals surface area contributed by atoms with Gasteiger partial charge in [-0.2, -0.15) is 0 Å². The zero-order valence-electron chi connectivity index (χ0n) is 15.7. The first-order valence-electron chi connectivity index (χ1n) is 8.41. The molecule has 1 N–H and O–H groups in total. The molecule has 0 heterocycles. The first-order chi connectivity index (χ1) is 12.6. The minimum atomic E-state index is -0.117. The number of methoxy groups -OCH3 is 3. The average molecular weight is 358 g/mol. The number of amides is 2. The number of carbonyl (C=O) groups is 1. The Morgan fingerprint density at radius 2 is 1.65 bits per heavy atom. The fourth-order valence-electron chi connectivity index (χ4n) is 2.73. The zero-order chi connectivity index (χ0) is 18.9. The van der Waals surface area contributed by atoms with Crippen molar-refractivity contribution in [3.63, 3.8) is 0 Å². The fourth-order valence-corrected chi connectivity index (χ4v) is 2.73. The topological polar surface area (TPSA) is 60.0 Å². The summed E-state index contributed by atoms with van der Waals surface area (Å²) in [5, 5.41) is 2.93. The van der Waals surface area contributed by atoms with Gasteiger partial charge in [-0.25, -0.2) is 4.79 Å². The summed E-state index contributed by atoms with van der Waals surface area (Å²) in [6.45, 7) is 1.05. The maximum absolute atomic E-state index is 12.3. The van der Waals surface area contributed by atoms with Crippen molar-refractivity contribution in [3.05, 3.63) is 53.6 Å². The highest BCUT2D eigenvalue weighted by Gasteiger charge is 2.16. The third-order valence-electron chi connectivity index (χ3n) is 4.07. The van der Waals surface area contributed by atoms with Crippen molar-refractivity contribution in [1.82, 2.24) is 10.2 Å². The summed E-state index contributed by atoms with van der Waals surface area (Å²) < 4.78 is 16.1. The number of carbonyl (C=O) groups excluding carboxylic acids is 1. The molecule has 2 rings (SSSR count). The lowest BCUT2D eigenvalue weighted by Crippen LogP contribution is -2.37. The highest BCUT2D eigenvalue weighted by Crippen LogP contribution is 2.39. The number of hydrogen-bond acceptors (Lipinski definition) is 4. The molecule has 140 valence electrons. The number of hydrogen-bond donors (Lipinski definition) is 1. The van der Waals surface area contributed by atoms with Crippen molar-refractivity contribution in [1.29, 1.82) is 0 Å².